The minimum atomic E-state index is 0.114. The van der Waals surface area contributed by atoms with Crippen LogP contribution in [0.25, 0.3) is 0 Å². The second-order valence-corrected chi connectivity index (χ2v) is 3.05. The number of carbonyl (C=O) groups is 1. The van der Waals surface area contributed by atoms with Crippen molar-refractivity contribution >= 4 is 5.78 Å². The van der Waals surface area contributed by atoms with Gasteiger partial charge in [-0.3, -0.25) is 4.79 Å². The SMILES string of the molecule is CC(C)OC1=CCCCC1=O. The van der Waals surface area contributed by atoms with Crippen molar-refractivity contribution < 1.29 is 9.53 Å². The van der Waals surface area contributed by atoms with E-state index >= 15 is 0 Å². The summed E-state index contributed by atoms with van der Waals surface area (Å²) in [4.78, 5) is 11.1. The van der Waals surface area contributed by atoms with Gasteiger partial charge in [-0.15, -0.1) is 0 Å². The van der Waals surface area contributed by atoms with Gasteiger partial charge in [-0.1, -0.05) is 0 Å². The Kier molecular flexibility index (Phi) is 2.69. The Morgan fingerprint density at radius 1 is 1.55 bits per heavy atom. The summed E-state index contributed by atoms with van der Waals surface area (Å²) < 4.78 is 5.31. The summed E-state index contributed by atoms with van der Waals surface area (Å²) in [6.45, 7) is 3.87. The van der Waals surface area contributed by atoms with Crippen LogP contribution in [0.3, 0.4) is 0 Å². The molecule has 0 fully saturated rings. The van der Waals surface area contributed by atoms with Crippen molar-refractivity contribution in [3.05, 3.63) is 11.8 Å². The molecule has 0 atom stereocenters. The third kappa shape index (κ3) is 2.37. The Morgan fingerprint density at radius 3 is 2.82 bits per heavy atom. The largest absolute Gasteiger partial charge is 0.488 e. The fourth-order valence-corrected chi connectivity index (χ4v) is 1.10. The fraction of sp³-hybridized carbons (Fsp3) is 0.667. The lowest BCUT2D eigenvalue weighted by atomic mass is 10.1. The van der Waals surface area contributed by atoms with E-state index in [1.165, 1.54) is 0 Å². The molecule has 0 saturated carbocycles. The first-order chi connectivity index (χ1) is 5.20. The van der Waals surface area contributed by atoms with E-state index in [1.54, 1.807) is 0 Å². The molecule has 0 aromatic rings. The van der Waals surface area contributed by atoms with Crippen molar-refractivity contribution in [2.24, 2.45) is 0 Å². The van der Waals surface area contributed by atoms with Gasteiger partial charge in [-0.2, -0.15) is 0 Å². The van der Waals surface area contributed by atoms with Gasteiger partial charge in [0.1, 0.15) is 0 Å². The van der Waals surface area contributed by atoms with Crippen LogP contribution in [0.5, 0.6) is 0 Å². The molecule has 0 saturated heterocycles. The fourth-order valence-electron chi connectivity index (χ4n) is 1.10. The molecule has 2 nitrogen and oxygen atoms in total. The first kappa shape index (κ1) is 8.31. The van der Waals surface area contributed by atoms with Crippen LogP contribution in [-0.2, 0) is 9.53 Å². The van der Waals surface area contributed by atoms with Gasteiger partial charge in [-0.05, 0) is 32.8 Å². The molecule has 0 spiro atoms. The average molecular weight is 154 g/mol. The summed E-state index contributed by atoms with van der Waals surface area (Å²) in [7, 11) is 0. The van der Waals surface area contributed by atoms with Crippen LogP contribution < -0.4 is 0 Å². The molecule has 1 rings (SSSR count). The molecule has 0 bridgehead atoms. The summed E-state index contributed by atoms with van der Waals surface area (Å²) in [6, 6.07) is 0. The zero-order valence-corrected chi connectivity index (χ0v) is 7.09. The molecule has 0 amide bonds. The zero-order chi connectivity index (χ0) is 8.27. The van der Waals surface area contributed by atoms with Gasteiger partial charge in [0, 0.05) is 6.42 Å². The van der Waals surface area contributed by atoms with Crippen LogP contribution >= 0.6 is 0 Å². The van der Waals surface area contributed by atoms with E-state index in [9.17, 15) is 4.79 Å². The lowest BCUT2D eigenvalue weighted by Crippen LogP contribution is -2.13. The van der Waals surface area contributed by atoms with Crippen LogP contribution in [0.2, 0.25) is 0 Å². The minimum absolute atomic E-state index is 0.114. The van der Waals surface area contributed by atoms with Crippen LogP contribution in [0.1, 0.15) is 33.1 Å². The maximum atomic E-state index is 11.1. The Balaban J connectivity index is 2.54. The van der Waals surface area contributed by atoms with Crippen LogP contribution in [-0.4, -0.2) is 11.9 Å². The van der Waals surface area contributed by atoms with Crippen molar-refractivity contribution in [3.63, 3.8) is 0 Å². The maximum absolute atomic E-state index is 11.1. The highest BCUT2D eigenvalue weighted by atomic mass is 16.5. The molecule has 2 heteroatoms. The third-order valence-corrected chi connectivity index (χ3v) is 1.58. The smallest absolute Gasteiger partial charge is 0.197 e. The highest BCUT2D eigenvalue weighted by Gasteiger charge is 2.15. The predicted octanol–water partition coefficient (Wildman–Crippen LogP) is 2.05. The summed E-state index contributed by atoms with van der Waals surface area (Å²) >= 11 is 0. The summed E-state index contributed by atoms with van der Waals surface area (Å²) in [5, 5.41) is 0. The number of ether oxygens (including phenoxy) is 1. The standard InChI is InChI=1S/C9H14O2/c1-7(2)11-9-6-4-3-5-8(9)10/h6-7H,3-5H2,1-2H3. The number of ketones is 1. The van der Waals surface area contributed by atoms with E-state index in [1.807, 2.05) is 19.9 Å². The molecular formula is C9H14O2. The van der Waals surface area contributed by atoms with E-state index in [2.05, 4.69) is 0 Å². The van der Waals surface area contributed by atoms with Gasteiger partial charge in [0.15, 0.2) is 11.5 Å². The zero-order valence-electron chi connectivity index (χ0n) is 7.09. The molecule has 0 aliphatic heterocycles. The quantitative estimate of drug-likeness (QED) is 0.608. The van der Waals surface area contributed by atoms with Gasteiger partial charge in [0.05, 0.1) is 6.10 Å². The predicted molar refractivity (Wildman–Crippen MR) is 43.2 cm³/mol. The van der Waals surface area contributed by atoms with Crippen molar-refractivity contribution in [2.45, 2.75) is 39.2 Å². The summed E-state index contributed by atoms with van der Waals surface area (Å²) in [5.41, 5.74) is 0. The van der Waals surface area contributed by atoms with Gasteiger partial charge in [-0.25, -0.2) is 0 Å². The minimum Gasteiger partial charge on any atom is -0.488 e. The molecule has 0 aromatic heterocycles. The molecule has 0 radical (unpaired) electrons. The highest BCUT2D eigenvalue weighted by Crippen LogP contribution is 2.16. The van der Waals surface area contributed by atoms with Crippen molar-refractivity contribution in [2.75, 3.05) is 0 Å². The lowest BCUT2D eigenvalue weighted by Gasteiger charge is -2.15. The Labute approximate surface area is 67.2 Å². The topological polar surface area (TPSA) is 26.3 Å². The highest BCUT2D eigenvalue weighted by molar-refractivity contribution is 5.94. The first-order valence-corrected chi connectivity index (χ1v) is 4.10. The van der Waals surface area contributed by atoms with Crippen molar-refractivity contribution in [1.82, 2.24) is 0 Å². The maximum Gasteiger partial charge on any atom is 0.197 e. The monoisotopic (exact) mass is 154 g/mol. The molecule has 11 heavy (non-hydrogen) atoms. The van der Waals surface area contributed by atoms with Gasteiger partial charge in [0.2, 0.25) is 0 Å². The van der Waals surface area contributed by atoms with E-state index in [-0.39, 0.29) is 11.9 Å². The summed E-state index contributed by atoms with van der Waals surface area (Å²) in [6.07, 6.45) is 4.62. The molecular weight excluding hydrogens is 140 g/mol. The Morgan fingerprint density at radius 2 is 2.27 bits per heavy atom. The van der Waals surface area contributed by atoms with Crippen molar-refractivity contribution in [3.8, 4) is 0 Å². The number of Topliss-reactive ketones (excluding diaryl/α,β-unsaturated/α-hetero) is 1. The number of hydrogen-bond donors (Lipinski definition) is 0. The number of allylic oxidation sites excluding steroid dienone is 2. The van der Waals surface area contributed by atoms with E-state index in [4.69, 9.17) is 4.74 Å². The van der Waals surface area contributed by atoms with Crippen molar-refractivity contribution in [1.29, 1.82) is 0 Å². The number of carbonyl (C=O) groups excluding carboxylic acids is 1. The lowest BCUT2D eigenvalue weighted by molar-refractivity contribution is -0.120. The second kappa shape index (κ2) is 3.56. The van der Waals surface area contributed by atoms with Gasteiger partial charge < -0.3 is 4.74 Å². The summed E-state index contributed by atoms with van der Waals surface area (Å²) in [5.74, 6) is 0.733. The van der Waals surface area contributed by atoms with Crippen LogP contribution in [0.15, 0.2) is 11.8 Å². The number of hydrogen-bond acceptors (Lipinski definition) is 2. The molecule has 0 aromatic carbocycles. The Hall–Kier alpha value is -0.790. The van der Waals surface area contributed by atoms with Gasteiger partial charge in [0.25, 0.3) is 0 Å². The first-order valence-electron chi connectivity index (χ1n) is 4.10. The molecule has 1 aliphatic carbocycles. The van der Waals surface area contributed by atoms with E-state index in [0.717, 1.165) is 12.8 Å². The average Bonchev–Trinajstić information content (AvgIpc) is 1.93. The van der Waals surface area contributed by atoms with Crippen LogP contribution in [0, 0.1) is 0 Å². The van der Waals surface area contributed by atoms with E-state index < -0.39 is 0 Å². The van der Waals surface area contributed by atoms with E-state index in [0.29, 0.717) is 12.2 Å². The Bertz CT molecular complexity index is 180. The van der Waals surface area contributed by atoms with Crippen LogP contribution in [0.4, 0.5) is 0 Å². The van der Waals surface area contributed by atoms with Gasteiger partial charge >= 0.3 is 0 Å². The third-order valence-electron chi connectivity index (χ3n) is 1.58. The molecule has 62 valence electrons. The second-order valence-electron chi connectivity index (χ2n) is 3.05. The number of rotatable bonds is 2. The molecule has 0 heterocycles. The molecule has 0 unspecified atom stereocenters. The normalized spacial score (nSPS) is 18.5. The molecule has 0 N–H and O–H groups in total. The molecule has 1 aliphatic rings.